The maximum atomic E-state index is 11.2. The highest BCUT2D eigenvalue weighted by atomic mass is 32.2. The molecule has 0 spiro atoms. The fraction of sp³-hybridized carbons (Fsp3) is 0.444. The highest BCUT2D eigenvalue weighted by Gasteiger charge is 2.14. The highest BCUT2D eigenvalue weighted by molar-refractivity contribution is 7.89. The number of nitrogens with one attached hydrogen (secondary N) is 1. The van der Waals surface area contributed by atoms with E-state index in [1.165, 1.54) is 18.3 Å². The van der Waals surface area contributed by atoms with Crippen LogP contribution in [0.3, 0.4) is 0 Å². The van der Waals surface area contributed by atoms with Crippen molar-refractivity contribution in [2.24, 2.45) is 5.14 Å². The van der Waals surface area contributed by atoms with Gasteiger partial charge in [0.05, 0.1) is 6.10 Å². The van der Waals surface area contributed by atoms with Gasteiger partial charge in [0.2, 0.25) is 10.0 Å². The van der Waals surface area contributed by atoms with Crippen molar-refractivity contribution in [1.29, 1.82) is 0 Å². The summed E-state index contributed by atoms with van der Waals surface area (Å²) in [6.45, 7) is 2.31. The molecule has 0 saturated heterocycles. The molecule has 1 heterocycles. The normalized spacial score (nSPS) is 13.4. The topological polar surface area (TPSA) is 94.3 Å². The van der Waals surface area contributed by atoms with Gasteiger partial charge >= 0.3 is 0 Å². The van der Waals surface area contributed by atoms with Crippen molar-refractivity contribution in [3.63, 3.8) is 0 Å². The number of primary sulfonamides is 1. The van der Waals surface area contributed by atoms with E-state index in [-0.39, 0.29) is 16.8 Å². The molecule has 1 aromatic heterocycles. The van der Waals surface area contributed by atoms with Gasteiger partial charge in [-0.05, 0) is 19.1 Å². The van der Waals surface area contributed by atoms with Crippen LogP contribution >= 0.6 is 0 Å². The predicted octanol–water partition coefficient (Wildman–Crippen LogP) is 0.176. The number of hydrogen-bond donors (Lipinski definition) is 2. The lowest BCUT2D eigenvalue weighted by atomic mass is 10.4. The third kappa shape index (κ3) is 3.44. The summed E-state index contributed by atoms with van der Waals surface area (Å²) in [7, 11) is -2.18. The lowest BCUT2D eigenvalue weighted by Crippen LogP contribution is -2.21. The maximum Gasteiger partial charge on any atom is 0.241 e. The zero-order valence-corrected chi connectivity index (χ0v) is 9.99. The molecule has 1 unspecified atom stereocenters. The van der Waals surface area contributed by atoms with Crippen LogP contribution < -0.4 is 10.5 Å². The predicted molar refractivity (Wildman–Crippen MR) is 60.6 cm³/mol. The molecule has 0 saturated carbocycles. The molecular weight excluding hydrogens is 230 g/mol. The van der Waals surface area contributed by atoms with Crippen LogP contribution in [-0.2, 0) is 14.8 Å². The molecule has 0 aliphatic rings. The molecule has 1 atom stereocenters. The fourth-order valence-corrected chi connectivity index (χ4v) is 1.74. The van der Waals surface area contributed by atoms with E-state index in [4.69, 9.17) is 9.88 Å². The number of rotatable bonds is 5. The number of aromatic nitrogens is 1. The van der Waals surface area contributed by atoms with E-state index in [0.29, 0.717) is 6.54 Å². The first-order valence-electron chi connectivity index (χ1n) is 4.69. The Bertz CT molecular complexity index is 447. The number of pyridine rings is 1. The first-order valence-corrected chi connectivity index (χ1v) is 6.24. The lowest BCUT2D eigenvalue weighted by Gasteiger charge is -2.12. The monoisotopic (exact) mass is 245 g/mol. The summed E-state index contributed by atoms with van der Waals surface area (Å²) in [6, 6.07) is 2.92. The van der Waals surface area contributed by atoms with E-state index in [1.54, 1.807) is 7.11 Å². The minimum absolute atomic E-state index is 0.0155. The van der Waals surface area contributed by atoms with Crippen LogP contribution in [-0.4, -0.2) is 33.2 Å². The van der Waals surface area contributed by atoms with Crippen LogP contribution in [0.5, 0.6) is 0 Å². The van der Waals surface area contributed by atoms with Gasteiger partial charge in [-0.15, -0.1) is 0 Å². The Morgan fingerprint density at radius 2 is 2.31 bits per heavy atom. The molecule has 16 heavy (non-hydrogen) atoms. The molecule has 0 radical (unpaired) electrons. The number of sulfonamides is 1. The summed E-state index contributed by atoms with van der Waals surface area (Å²) < 4.78 is 27.5. The minimum atomic E-state index is -3.75. The van der Waals surface area contributed by atoms with E-state index >= 15 is 0 Å². The molecule has 6 nitrogen and oxygen atoms in total. The zero-order valence-electron chi connectivity index (χ0n) is 9.17. The second-order valence-corrected chi connectivity index (χ2v) is 4.85. The van der Waals surface area contributed by atoms with E-state index in [0.717, 1.165) is 0 Å². The van der Waals surface area contributed by atoms with Gasteiger partial charge in [-0.3, -0.25) is 0 Å². The Balaban J connectivity index is 2.88. The molecule has 0 fully saturated rings. The first kappa shape index (κ1) is 12.9. The van der Waals surface area contributed by atoms with E-state index in [1.807, 2.05) is 6.92 Å². The summed E-state index contributed by atoms with van der Waals surface area (Å²) >= 11 is 0. The molecular formula is C9H15N3O3S. The largest absolute Gasteiger partial charge is 0.380 e. The number of nitrogens with two attached hydrogens (primary N) is 1. The molecule has 0 bridgehead atoms. The first-order chi connectivity index (χ1) is 7.45. The van der Waals surface area contributed by atoms with Crippen molar-refractivity contribution < 1.29 is 13.2 Å². The number of ether oxygens (including phenoxy) is 1. The maximum absolute atomic E-state index is 11.2. The second kappa shape index (κ2) is 5.24. The zero-order chi connectivity index (χ0) is 12.2. The Kier molecular flexibility index (Phi) is 4.22. The van der Waals surface area contributed by atoms with Gasteiger partial charge in [0.15, 0.2) is 0 Å². The summed E-state index contributed by atoms with van der Waals surface area (Å²) in [5, 5.41) is 7.93. The van der Waals surface area contributed by atoms with Gasteiger partial charge in [-0.2, -0.15) is 0 Å². The van der Waals surface area contributed by atoms with Crippen LogP contribution in [0.25, 0.3) is 0 Å². The average molecular weight is 245 g/mol. The van der Waals surface area contributed by atoms with E-state index in [2.05, 4.69) is 10.3 Å². The molecule has 3 N–H and O–H groups in total. The second-order valence-electron chi connectivity index (χ2n) is 3.32. The summed E-state index contributed by atoms with van der Waals surface area (Å²) in [5.41, 5.74) is 0. The lowest BCUT2D eigenvalue weighted by molar-refractivity contribution is 0.128. The van der Waals surface area contributed by atoms with Crippen molar-refractivity contribution in [2.45, 2.75) is 17.9 Å². The van der Waals surface area contributed by atoms with Gasteiger partial charge in [0, 0.05) is 19.9 Å². The van der Waals surface area contributed by atoms with Crippen LogP contribution in [0.1, 0.15) is 6.92 Å². The highest BCUT2D eigenvalue weighted by Crippen LogP contribution is 2.15. The third-order valence-electron chi connectivity index (χ3n) is 2.04. The van der Waals surface area contributed by atoms with Gasteiger partial charge in [0.1, 0.15) is 10.7 Å². The molecule has 90 valence electrons. The Morgan fingerprint density at radius 1 is 1.62 bits per heavy atom. The Hall–Kier alpha value is -1.18. The van der Waals surface area contributed by atoms with Gasteiger partial charge in [0.25, 0.3) is 0 Å². The van der Waals surface area contributed by atoms with E-state index in [9.17, 15) is 8.42 Å². The van der Waals surface area contributed by atoms with Crippen molar-refractivity contribution in [2.75, 3.05) is 19.0 Å². The Labute approximate surface area is 94.9 Å². The standard InChI is InChI=1S/C9H15N3O3S/c1-7(15-2)6-12-9-8(16(10,13)14)4-3-5-11-9/h3-5,7H,6H2,1-2H3,(H,11,12)(H2,10,13,14). The number of hydrogen-bond acceptors (Lipinski definition) is 5. The summed E-state index contributed by atoms with van der Waals surface area (Å²) in [4.78, 5) is 3.91. The number of methoxy groups -OCH3 is 1. The SMILES string of the molecule is COC(C)CNc1ncccc1S(N)(=O)=O. The molecule has 1 rings (SSSR count). The van der Waals surface area contributed by atoms with Crippen molar-refractivity contribution >= 4 is 15.8 Å². The molecule has 0 aliphatic heterocycles. The number of nitrogens with zero attached hydrogens (tertiary/aromatic N) is 1. The van der Waals surface area contributed by atoms with Gasteiger partial charge < -0.3 is 10.1 Å². The molecule has 7 heteroatoms. The Morgan fingerprint density at radius 3 is 2.88 bits per heavy atom. The average Bonchev–Trinajstić information content (AvgIpc) is 2.25. The van der Waals surface area contributed by atoms with Gasteiger partial charge in [-0.25, -0.2) is 18.5 Å². The van der Waals surface area contributed by atoms with Crippen LogP contribution in [0.4, 0.5) is 5.82 Å². The van der Waals surface area contributed by atoms with Crippen LogP contribution in [0, 0.1) is 0 Å². The van der Waals surface area contributed by atoms with Crippen molar-refractivity contribution in [3.8, 4) is 0 Å². The van der Waals surface area contributed by atoms with Crippen LogP contribution in [0.15, 0.2) is 23.2 Å². The minimum Gasteiger partial charge on any atom is -0.380 e. The number of anilines is 1. The quantitative estimate of drug-likeness (QED) is 0.771. The fourth-order valence-electron chi connectivity index (χ4n) is 1.08. The third-order valence-corrected chi connectivity index (χ3v) is 2.98. The molecule has 1 aromatic rings. The van der Waals surface area contributed by atoms with Crippen LogP contribution in [0.2, 0.25) is 0 Å². The summed E-state index contributed by atoms with van der Waals surface area (Å²) in [5.74, 6) is 0.244. The van der Waals surface area contributed by atoms with Crippen molar-refractivity contribution in [1.82, 2.24) is 4.98 Å². The smallest absolute Gasteiger partial charge is 0.241 e. The van der Waals surface area contributed by atoms with Gasteiger partial charge in [-0.1, -0.05) is 0 Å². The van der Waals surface area contributed by atoms with Crippen molar-refractivity contribution in [3.05, 3.63) is 18.3 Å². The molecule has 0 aliphatic carbocycles. The molecule has 0 aromatic carbocycles. The summed E-state index contributed by atoms with van der Waals surface area (Å²) in [6.07, 6.45) is 1.45. The molecule has 0 amide bonds. The van der Waals surface area contributed by atoms with E-state index < -0.39 is 10.0 Å².